The van der Waals surface area contributed by atoms with Gasteiger partial charge in [-0.2, -0.15) is 0 Å². The quantitative estimate of drug-likeness (QED) is 0.169. The summed E-state index contributed by atoms with van der Waals surface area (Å²) in [7, 11) is 0. The molecule has 0 unspecified atom stereocenters. The summed E-state index contributed by atoms with van der Waals surface area (Å²) in [5, 5.41) is 5.80. The van der Waals surface area contributed by atoms with Gasteiger partial charge >= 0.3 is 0 Å². The zero-order valence-corrected chi connectivity index (χ0v) is 33.2. The van der Waals surface area contributed by atoms with Gasteiger partial charge in [0.2, 0.25) is 0 Å². The molecular formula is C56H34N2OS. The predicted octanol–water partition coefficient (Wildman–Crippen LogP) is 15.9. The molecule has 3 heterocycles. The molecule has 0 amide bonds. The number of furan rings is 1. The molecule has 4 heteroatoms. The fraction of sp³-hybridized carbons (Fsp3) is 0. The molecule has 0 saturated heterocycles. The first-order valence-electron chi connectivity index (χ1n) is 20.2. The summed E-state index contributed by atoms with van der Waals surface area (Å²) in [4.78, 5) is 10.5. The Balaban J connectivity index is 1.07. The van der Waals surface area contributed by atoms with E-state index in [4.69, 9.17) is 14.4 Å². The Bertz CT molecular complexity index is 3570. The predicted molar refractivity (Wildman–Crippen MR) is 252 cm³/mol. The molecule has 0 radical (unpaired) electrons. The molecule has 0 N–H and O–H groups in total. The second-order valence-electron chi connectivity index (χ2n) is 15.3. The van der Waals surface area contributed by atoms with Crippen molar-refractivity contribution in [3.8, 4) is 67.2 Å². The van der Waals surface area contributed by atoms with Crippen LogP contribution >= 0.6 is 11.3 Å². The van der Waals surface area contributed by atoms with Crippen molar-refractivity contribution in [2.75, 3.05) is 0 Å². The molecule has 12 rings (SSSR count). The summed E-state index contributed by atoms with van der Waals surface area (Å²) >= 11 is 1.76. The Kier molecular flexibility index (Phi) is 8.03. The Labute approximate surface area is 350 Å². The highest BCUT2D eigenvalue weighted by atomic mass is 32.1. The molecule has 0 aliphatic heterocycles. The van der Waals surface area contributed by atoms with E-state index in [-0.39, 0.29) is 0 Å². The van der Waals surface area contributed by atoms with Crippen molar-refractivity contribution < 1.29 is 4.42 Å². The minimum absolute atomic E-state index is 0.714. The first-order valence-corrected chi connectivity index (χ1v) is 21.0. The van der Waals surface area contributed by atoms with E-state index in [1.165, 1.54) is 21.0 Å². The molecule has 3 nitrogen and oxygen atoms in total. The van der Waals surface area contributed by atoms with Gasteiger partial charge in [-0.15, -0.1) is 11.3 Å². The van der Waals surface area contributed by atoms with Crippen LogP contribution in [-0.4, -0.2) is 9.97 Å². The minimum atomic E-state index is 0.714. The van der Waals surface area contributed by atoms with Crippen LogP contribution in [0.1, 0.15) is 0 Å². The number of nitrogens with zero attached hydrogens (tertiary/aromatic N) is 2. The molecule has 0 saturated carbocycles. The van der Waals surface area contributed by atoms with Crippen LogP contribution in [-0.2, 0) is 0 Å². The zero-order chi connectivity index (χ0) is 39.6. The minimum Gasteiger partial charge on any atom is -0.456 e. The van der Waals surface area contributed by atoms with Gasteiger partial charge in [0.15, 0.2) is 5.82 Å². The van der Waals surface area contributed by atoms with Gasteiger partial charge < -0.3 is 4.42 Å². The summed E-state index contributed by atoms with van der Waals surface area (Å²) in [5.41, 5.74) is 15.0. The van der Waals surface area contributed by atoms with E-state index in [1.54, 1.807) is 11.3 Å². The summed E-state index contributed by atoms with van der Waals surface area (Å²) in [6.07, 6.45) is 0. The monoisotopic (exact) mass is 782 g/mol. The Hall–Kier alpha value is -7.66. The van der Waals surface area contributed by atoms with Crippen molar-refractivity contribution >= 4 is 64.4 Å². The van der Waals surface area contributed by atoms with Gasteiger partial charge in [0.25, 0.3) is 0 Å². The first kappa shape index (κ1) is 34.4. The molecule has 3 aromatic heterocycles. The van der Waals surface area contributed by atoms with Gasteiger partial charge in [-0.05, 0) is 91.7 Å². The van der Waals surface area contributed by atoms with E-state index in [0.717, 1.165) is 93.3 Å². The summed E-state index contributed by atoms with van der Waals surface area (Å²) in [6, 6.07) is 73.5. The number of thiophene rings is 1. The van der Waals surface area contributed by atoms with Crippen LogP contribution in [0.5, 0.6) is 0 Å². The van der Waals surface area contributed by atoms with E-state index in [1.807, 2.05) is 6.07 Å². The van der Waals surface area contributed by atoms with Crippen LogP contribution in [0.2, 0.25) is 0 Å². The van der Waals surface area contributed by atoms with E-state index < -0.39 is 0 Å². The normalized spacial score (nSPS) is 11.7. The van der Waals surface area contributed by atoms with Crippen LogP contribution < -0.4 is 0 Å². The maximum atomic E-state index is 6.46. The van der Waals surface area contributed by atoms with Crippen molar-refractivity contribution in [2.24, 2.45) is 0 Å². The van der Waals surface area contributed by atoms with Gasteiger partial charge in [0, 0.05) is 32.0 Å². The maximum Gasteiger partial charge on any atom is 0.160 e. The fourth-order valence-corrected chi connectivity index (χ4v) is 9.99. The second-order valence-corrected chi connectivity index (χ2v) is 16.3. The molecule has 0 aliphatic carbocycles. The maximum absolute atomic E-state index is 6.46. The van der Waals surface area contributed by atoms with Crippen LogP contribution in [0.4, 0.5) is 0 Å². The average molecular weight is 783 g/mol. The van der Waals surface area contributed by atoms with Crippen LogP contribution in [0.25, 0.3) is 120 Å². The molecular weight excluding hydrogens is 749 g/mol. The third-order valence-corrected chi connectivity index (χ3v) is 12.9. The molecule has 0 aliphatic rings. The summed E-state index contributed by atoms with van der Waals surface area (Å²) in [6.45, 7) is 0. The highest BCUT2D eigenvalue weighted by Gasteiger charge is 2.21. The van der Waals surface area contributed by atoms with Crippen molar-refractivity contribution in [2.45, 2.75) is 0 Å². The lowest BCUT2D eigenvalue weighted by atomic mass is 9.84. The van der Waals surface area contributed by atoms with Crippen LogP contribution in [0.3, 0.4) is 0 Å². The van der Waals surface area contributed by atoms with Crippen molar-refractivity contribution in [3.05, 3.63) is 206 Å². The molecule has 9 aromatic carbocycles. The highest BCUT2D eigenvalue weighted by Crippen LogP contribution is 2.46. The number of hydrogen-bond acceptors (Lipinski definition) is 4. The lowest BCUT2D eigenvalue weighted by molar-refractivity contribution is 0.669. The third-order valence-electron chi connectivity index (χ3n) is 11.7. The fourth-order valence-electron chi connectivity index (χ4n) is 8.84. The van der Waals surface area contributed by atoms with E-state index in [0.29, 0.717) is 5.82 Å². The van der Waals surface area contributed by atoms with Gasteiger partial charge in [-0.1, -0.05) is 170 Å². The Morgan fingerprint density at radius 2 is 0.983 bits per heavy atom. The van der Waals surface area contributed by atoms with Crippen molar-refractivity contribution in [1.82, 2.24) is 9.97 Å². The smallest absolute Gasteiger partial charge is 0.160 e. The molecule has 0 fully saturated rings. The van der Waals surface area contributed by atoms with Gasteiger partial charge in [-0.3, -0.25) is 0 Å². The third kappa shape index (κ3) is 5.72. The number of hydrogen-bond donors (Lipinski definition) is 0. The second kappa shape index (κ2) is 14.0. The molecule has 280 valence electrons. The number of rotatable bonds is 6. The van der Waals surface area contributed by atoms with Crippen LogP contribution in [0, 0.1) is 0 Å². The molecule has 0 bridgehead atoms. The molecule has 60 heavy (non-hydrogen) atoms. The average Bonchev–Trinajstić information content (AvgIpc) is 3.90. The lowest BCUT2D eigenvalue weighted by Crippen LogP contribution is -1.95. The van der Waals surface area contributed by atoms with E-state index >= 15 is 0 Å². The largest absolute Gasteiger partial charge is 0.456 e. The van der Waals surface area contributed by atoms with E-state index in [9.17, 15) is 0 Å². The Morgan fingerprint density at radius 1 is 0.383 bits per heavy atom. The van der Waals surface area contributed by atoms with Gasteiger partial charge in [-0.25, -0.2) is 9.97 Å². The highest BCUT2D eigenvalue weighted by molar-refractivity contribution is 7.26. The summed E-state index contributed by atoms with van der Waals surface area (Å²) < 4.78 is 8.78. The zero-order valence-electron chi connectivity index (χ0n) is 32.3. The SMILES string of the molecule is c1ccc(-c2cc(-c3ccc(-c4nc(-c5ccccc5)c5sc6ccccc6c5n4)cc3)c(-c3ccccc3)c(-c3ccc4oc5ccc6ccccc6c5c4c3)c2)cc1. The Morgan fingerprint density at radius 3 is 1.75 bits per heavy atom. The van der Waals surface area contributed by atoms with Gasteiger partial charge in [0.1, 0.15) is 11.2 Å². The number of benzene rings is 9. The topological polar surface area (TPSA) is 38.9 Å². The standard InChI is InChI=1S/C56H34N2OS/c1-4-14-35(15-5-1)42-33-45(37-24-26-40(27-25-37)56-57-53(39-19-8-3-9-20-39)55-54(58-56)44-22-12-13-23-50(44)60-55)51(38-17-6-2-7-18-38)46(34-42)41-29-30-48-47(32-41)52-43-21-11-10-16-36(43)28-31-49(52)59-48/h1-34H. The number of fused-ring (bicyclic) bond motifs is 8. The van der Waals surface area contributed by atoms with Crippen molar-refractivity contribution in [3.63, 3.8) is 0 Å². The number of aromatic nitrogens is 2. The van der Waals surface area contributed by atoms with E-state index in [2.05, 4.69) is 200 Å². The lowest BCUT2D eigenvalue weighted by Gasteiger charge is -2.19. The molecule has 0 atom stereocenters. The van der Waals surface area contributed by atoms with Crippen LogP contribution in [0.15, 0.2) is 211 Å². The van der Waals surface area contributed by atoms with Gasteiger partial charge in [0.05, 0.1) is 15.9 Å². The van der Waals surface area contributed by atoms with Crippen molar-refractivity contribution in [1.29, 1.82) is 0 Å². The molecule has 12 aromatic rings. The molecule has 0 spiro atoms. The first-order chi connectivity index (χ1) is 29.7. The summed E-state index contributed by atoms with van der Waals surface area (Å²) in [5.74, 6) is 0.714.